The van der Waals surface area contributed by atoms with E-state index in [0.29, 0.717) is 4.11 Å². The summed E-state index contributed by atoms with van der Waals surface area (Å²) in [6, 6.07) is 0. The topological polar surface area (TPSA) is 9.23 Å². The predicted molar refractivity (Wildman–Crippen MR) is 35.1 cm³/mol. The molecule has 38 valence electrons. The zero-order valence-electron chi connectivity index (χ0n) is 4.07. The van der Waals surface area contributed by atoms with Gasteiger partial charge >= 0.3 is 0 Å². The van der Waals surface area contributed by atoms with Crippen molar-refractivity contribution in [3.63, 3.8) is 0 Å². The van der Waals surface area contributed by atoms with Gasteiger partial charge in [0.25, 0.3) is 0 Å². The van der Waals surface area contributed by atoms with Crippen LogP contribution in [0, 0.1) is 0 Å². The molecule has 6 heavy (non-hydrogen) atoms. The van der Waals surface area contributed by atoms with Gasteiger partial charge in [0.15, 0.2) is 0 Å². The van der Waals surface area contributed by atoms with E-state index in [1.54, 1.807) is 7.11 Å². The van der Waals surface area contributed by atoms with Crippen molar-refractivity contribution in [2.45, 2.75) is 17.5 Å². The van der Waals surface area contributed by atoms with E-state index in [1.165, 1.54) is 0 Å². The second-order valence-corrected chi connectivity index (χ2v) is 2.44. The Morgan fingerprint density at radius 3 is 2.33 bits per heavy atom. The molecular weight excluding hydrogens is 191 g/mol. The maximum absolute atomic E-state index is 4.89. The van der Waals surface area contributed by atoms with E-state index in [-0.39, 0.29) is 0 Å². The lowest BCUT2D eigenvalue weighted by Crippen LogP contribution is -1.95. The van der Waals surface area contributed by atoms with Crippen molar-refractivity contribution in [3.05, 3.63) is 0 Å². The van der Waals surface area contributed by atoms with Crippen molar-refractivity contribution in [3.8, 4) is 0 Å². The summed E-state index contributed by atoms with van der Waals surface area (Å²) in [5.41, 5.74) is 0. The van der Waals surface area contributed by atoms with E-state index in [0.717, 1.165) is 6.42 Å². The summed E-state index contributed by atoms with van der Waals surface area (Å²) in [7, 11) is 1.72. The molecular formula is C4H9IO. The fourth-order valence-corrected chi connectivity index (χ4v) is 0.167. The molecule has 0 aromatic rings. The number of ether oxygens (including phenoxy) is 1. The third-order valence-electron chi connectivity index (χ3n) is 0.577. The van der Waals surface area contributed by atoms with Crippen LogP contribution in [0.1, 0.15) is 13.3 Å². The van der Waals surface area contributed by atoms with Gasteiger partial charge in [-0.3, -0.25) is 0 Å². The van der Waals surface area contributed by atoms with Gasteiger partial charge < -0.3 is 4.74 Å². The van der Waals surface area contributed by atoms with E-state index in [2.05, 4.69) is 29.5 Å². The van der Waals surface area contributed by atoms with Crippen LogP contribution in [0.2, 0.25) is 0 Å². The standard InChI is InChI=1S/C4H9IO/c1-3-4(5)6-2/h4H,3H2,1-2H3/t4-/m1/s1. The minimum absolute atomic E-state index is 0.405. The molecule has 0 N–H and O–H groups in total. The van der Waals surface area contributed by atoms with Crippen LogP contribution in [0.4, 0.5) is 0 Å². The Balaban J connectivity index is 2.75. The molecule has 0 heterocycles. The number of alkyl halides is 1. The molecule has 0 aliphatic heterocycles. The largest absolute Gasteiger partial charge is 0.371 e. The first kappa shape index (κ1) is 6.69. The van der Waals surface area contributed by atoms with Crippen LogP contribution in [-0.2, 0) is 4.74 Å². The van der Waals surface area contributed by atoms with Crippen LogP contribution < -0.4 is 0 Å². The summed E-state index contributed by atoms with van der Waals surface area (Å²) >= 11 is 2.25. The summed E-state index contributed by atoms with van der Waals surface area (Å²) in [4.78, 5) is 0. The number of hydrogen-bond acceptors (Lipinski definition) is 1. The van der Waals surface area contributed by atoms with Gasteiger partial charge in [0.05, 0.1) is 0 Å². The Morgan fingerprint density at radius 2 is 2.33 bits per heavy atom. The lowest BCUT2D eigenvalue weighted by molar-refractivity contribution is 0.183. The predicted octanol–water partition coefficient (Wildman–Crippen LogP) is 1.80. The molecule has 0 saturated carbocycles. The van der Waals surface area contributed by atoms with Crippen molar-refractivity contribution in [2.75, 3.05) is 7.11 Å². The Morgan fingerprint density at radius 1 is 1.83 bits per heavy atom. The highest BCUT2D eigenvalue weighted by molar-refractivity contribution is 14.1. The molecule has 0 bridgehead atoms. The number of halogens is 1. The van der Waals surface area contributed by atoms with Crippen LogP contribution in [0.15, 0.2) is 0 Å². The molecule has 0 unspecified atom stereocenters. The van der Waals surface area contributed by atoms with E-state index < -0.39 is 0 Å². The van der Waals surface area contributed by atoms with Crippen molar-refractivity contribution >= 4 is 22.6 Å². The van der Waals surface area contributed by atoms with Crippen molar-refractivity contribution < 1.29 is 4.74 Å². The summed E-state index contributed by atoms with van der Waals surface area (Å²) in [5, 5.41) is 0. The Kier molecular flexibility index (Phi) is 4.31. The van der Waals surface area contributed by atoms with Gasteiger partial charge in [-0.25, -0.2) is 0 Å². The van der Waals surface area contributed by atoms with Gasteiger partial charge in [0.2, 0.25) is 0 Å². The maximum atomic E-state index is 4.89. The molecule has 0 fully saturated rings. The van der Waals surface area contributed by atoms with Crippen molar-refractivity contribution in [1.82, 2.24) is 0 Å². The van der Waals surface area contributed by atoms with Gasteiger partial charge in [-0.1, -0.05) is 29.5 Å². The summed E-state index contributed by atoms with van der Waals surface area (Å²) in [6.07, 6.45) is 1.09. The van der Waals surface area contributed by atoms with Gasteiger partial charge in [-0.2, -0.15) is 0 Å². The summed E-state index contributed by atoms with van der Waals surface area (Å²) < 4.78 is 5.29. The molecule has 0 spiro atoms. The van der Waals surface area contributed by atoms with Crippen LogP contribution in [0.3, 0.4) is 0 Å². The number of methoxy groups -OCH3 is 1. The lowest BCUT2D eigenvalue weighted by Gasteiger charge is -1.99. The van der Waals surface area contributed by atoms with Crippen LogP contribution in [-0.4, -0.2) is 11.2 Å². The molecule has 0 aliphatic carbocycles. The summed E-state index contributed by atoms with van der Waals surface area (Å²) in [5.74, 6) is 0. The van der Waals surface area contributed by atoms with Gasteiger partial charge in [-0.15, -0.1) is 0 Å². The first-order valence-corrected chi connectivity index (χ1v) is 3.22. The molecule has 0 aliphatic rings. The minimum atomic E-state index is 0.405. The molecule has 1 atom stereocenters. The molecule has 1 nitrogen and oxygen atoms in total. The third kappa shape index (κ3) is 2.90. The summed E-state index contributed by atoms with van der Waals surface area (Å²) in [6.45, 7) is 2.10. The fraction of sp³-hybridized carbons (Fsp3) is 1.00. The van der Waals surface area contributed by atoms with Gasteiger partial charge in [-0.05, 0) is 6.42 Å². The molecule has 0 rings (SSSR count). The van der Waals surface area contributed by atoms with Crippen LogP contribution in [0.25, 0.3) is 0 Å². The van der Waals surface area contributed by atoms with Crippen molar-refractivity contribution in [1.29, 1.82) is 0 Å². The molecule has 0 aromatic heterocycles. The lowest BCUT2D eigenvalue weighted by atomic mass is 10.5. The van der Waals surface area contributed by atoms with Crippen LogP contribution in [0.5, 0.6) is 0 Å². The zero-order valence-corrected chi connectivity index (χ0v) is 6.23. The first-order valence-electron chi connectivity index (χ1n) is 1.98. The average molecular weight is 200 g/mol. The Labute approximate surface area is 52.2 Å². The fourth-order valence-electron chi connectivity index (χ4n) is 0.167. The number of rotatable bonds is 2. The third-order valence-corrected chi connectivity index (χ3v) is 1.97. The maximum Gasteiger partial charge on any atom is 0.108 e. The van der Waals surface area contributed by atoms with Gasteiger partial charge in [0.1, 0.15) is 4.11 Å². The quantitative estimate of drug-likeness (QED) is 0.487. The molecule has 0 amide bonds. The second-order valence-electron chi connectivity index (χ2n) is 1.05. The van der Waals surface area contributed by atoms with Gasteiger partial charge in [0, 0.05) is 7.11 Å². The van der Waals surface area contributed by atoms with E-state index in [9.17, 15) is 0 Å². The Bertz CT molecular complexity index is 26.7. The van der Waals surface area contributed by atoms with E-state index in [4.69, 9.17) is 4.74 Å². The molecule has 0 saturated heterocycles. The zero-order chi connectivity index (χ0) is 4.99. The Hall–Kier alpha value is 0.690. The van der Waals surface area contributed by atoms with Crippen molar-refractivity contribution in [2.24, 2.45) is 0 Å². The average Bonchev–Trinajstić information content (AvgIpc) is 1.65. The molecule has 0 aromatic carbocycles. The highest BCUT2D eigenvalue weighted by Gasteiger charge is 1.90. The second kappa shape index (κ2) is 3.87. The monoisotopic (exact) mass is 200 g/mol. The molecule has 0 radical (unpaired) electrons. The van der Waals surface area contributed by atoms with Crippen LogP contribution >= 0.6 is 22.6 Å². The first-order chi connectivity index (χ1) is 2.81. The SMILES string of the molecule is CC[C@H](I)OC. The van der Waals surface area contributed by atoms with E-state index in [1.807, 2.05) is 0 Å². The van der Waals surface area contributed by atoms with E-state index >= 15 is 0 Å². The number of hydrogen-bond donors (Lipinski definition) is 0. The smallest absolute Gasteiger partial charge is 0.108 e. The normalized spacial score (nSPS) is 14.5. The highest BCUT2D eigenvalue weighted by Crippen LogP contribution is 2.03. The highest BCUT2D eigenvalue weighted by atomic mass is 127. The minimum Gasteiger partial charge on any atom is -0.371 e. The molecule has 2 heteroatoms.